The average Bonchev–Trinajstić information content (AvgIpc) is 3.08. The van der Waals surface area contributed by atoms with E-state index >= 15 is 0 Å². The molecule has 0 heterocycles. The van der Waals surface area contributed by atoms with Gasteiger partial charge in [0, 0.05) is 12.8 Å². The van der Waals surface area contributed by atoms with Crippen LogP contribution >= 0.6 is 0 Å². The molecule has 0 saturated heterocycles. The number of hydrogen-bond donors (Lipinski definition) is 3. The number of nitrogens with two attached hydrogens (primary N) is 1. The number of hydrogen-bond acceptors (Lipinski definition) is 5. The van der Waals surface area contributed by atoms with Gasteiger partial charge in [0.1, 0.15) is 12.1 Å². The third-order valence-corrected chi connectivity index (χ3v) is 9.92. The topological polar surface area (TPSA) is 119 Å². The maximum Gasteiger partial charge on any atom is 0.326 e. The first-order valence-corrected chi connectivity index (χ1v) is 21.4. The monoisotopic (exact) mass is 695 g/mol. The minimum absolute atomic E-state index is 0.0167. The van der Waals surface area contributed by atoms with Crippen molar-refractivity contribution in [1.29, 1.82) is 0 Å². The van der Waals surface area contributed by atoms with Crippen molar-refractivity contribution >= 4 is 17.8 Å². The van der Waals surface area contributed by atoms with E-state index in [0.717, 1.165) is 64.2 Å². The van der Waals surface area contributed by atoms with Crippen molar-refractivity contribution in [2.75, 3.05) is 6.54 Å². The molecular formula is C42H82N2O5. The largest absolute Gasteiger partial charge is 0.480 e. The molecule has 0 aliphatic carbocycles. The molecule has 0 bridgehead atoms. The molecule has 0 aromatic carbocycles. The number of carboxylic acids is 1. The van der Waals surface area contributed by atoms with Crippen molar-refractivity contribution in [3.05, 3.63) is 0 Å². The summed E-state index contributed by atoms with van der Waals surface area (Å²) in [5, 5.41) is 11.9. The Morgan fingerprint density at radius 1 is 0.510 bits per heavy atom. The van der Waals surface area contributed by atoms with E-state index < -0.39 is 12.0 Å². The minimum Gasteiger partial charge on any atom is -0.480 e. The van der Waals surface area contributed by atoms with E-state index in [1.54, 1.807) is 0 Å². The molecule has 290 valence electrons. The standard InChI is InChI=1S/C42H82N2O5/c1-3-5-7-9-11-13-14-15-16-17-19-21-26-30-36-41(46)49-38(32-27-23-20-18-12-10-8-6-4-2)33-28-24-22-25-29-35-40(45)44-39(42(47)48)34-31-37-43/h38-39H,3-37,43H2,1-2H3,(H,44,45)(H,47,48). The third-order valence-electron chi connectivity index (χ3n) is 9.92. The van der Waals surface area contributed by atoms with Crippen LogP contribution in [0.2, 0.25) is 0 Å². The zero-order valence-corrected chi connectivity index (χ0v) is 32.6. The fourth-order valence-electron chi connectivity index (χ4n) is 6.69. The number of aliphatic carboxylic acids is 1. The number of ether oxygens (including phenoxy) is 1. The van der Waals surface area contributed by atoms with Gasteiger partial charge in [0.15, 0.2) is 0 Å². The van der Waals surface area contributed by atoms with Crippen LogP contribution in [0.4, 0.5) is 0 Å². The fourth-order valence-corrected chi connectivity index (χ4v) is 6.69. The maximum atomic E-state index is 12.7. The Hall–Kier alpha value is -1.63. The van der Waals surface area contributed by atoms with E-state index in [0.29, 0.717) is 32.2 Å². The molecule has 0 rings (SSSR count). The molecule has 0 aliphatic rings. The number of esters is 1. The van der Waals surface area contributed by atoms with Gasteiger partial charge in [-0.15, -0.1) is 0 Å². The summed E-state index contributed by atoms with van der Waals surface area (Å²) in [5.41, 5.74) is 5.48. The molecule has 2 atom stereocenters. The van der Waals surface area contributed by atoms with E-state index in [9.17, 15) is 19.5 Å². The summed E-state index contributed by atoms with van der Waals surface area (Å²) < 4.78 is 6.03. The SMILES string of the molecule is CCCCCCCCCCCCCCCCC(=O)OC(CCCCCCCCCCC)CCCCCCCC(=O)NC(CCCN)C(=O)O. The Bertz CT molecular complexity index is 747. The summed E-state index contributed by atoms with van der Waals surface area (Å²) in [5.74, 6) is -1.22. The number of rotatable bonds is 39. The van der Waals surface area contributed by atoms with E-state index in [-0.39, 0.29) is 18.0 Å². The molecule has 49 heavy (non-hydrogen) atoms. The van der Waals surface area contributed by atoms with Crippen LogP contribution in [0.15, 0.2) is 0 Å². The van der Waals surface area contributed by atoms with Crippen LogP contribution < -0.4 is 11.1 Å². The summed E-state index contributed by atoms with van der Waals surface area (Å²) >= 11 is 0. The molecule has 0 aliphatic heterocycles. The summed E-state index contributed by atoms with van der Waals surface area (Å²) in [6.45, 7) is 4.95. The molecule has 7 nitrogen and oxygen atoms in total. The van der Waals surface area contributed by atoms with Gasteiger partial charge in [0.2, 0.25) is 5.91 Å². The van der Waals surface area contributed by atoms with Crippen molar-refractivity contribution in [1.82, 2.24) is 5.32 Å². The second kappa shape index (κ2) is 37.6. The van der Waals surface area contributed by atoms with Crippen molar-refractivity contribution in [3.63, 3.8) is 0 Å². The number of carboxylic acid groups (broad SMARTS) is 1. The van der Waals surface area contributed by atoms with Gasteiger partial charge in [-0.1, -0.05) is 168 Å². The molecule has 4 N–H and O–H groups in total. The van der Waals surface area contributed by atoms with Crippen molar-refractivity contribution < 1.29 is 24.2 Å². The Balaban J connectivity index is 4.22. The van der Waals surface area contributed by atoms with Gasteiger partial charge in [-0.05, 0) is 57.9 Å². The second-order valence-corrected chi connectivity index (χ2v) is 14.8. The lowest BCUT2D eigenvalue weighted by atomic mass is 10.0. The number of unbranched alkanes of at least 4 members (excludes halogenated alkanes) is 25. The van der Waals surface area contributed by atoms with E-state index in [4.69, 9.17) is 10.5 Å². The van der Waals surface area contributed by atoms with Gasteiger partial charge in [0.05, 0.1) is 0 Å². The molecule has 0 spiro atoms. The first kappa shape index (κ1) is 47.4. The molecule has 2 unspecified atom stereocenters. The molecule has 1 amide bonds. The highest BCUT2D eigenvalue weighted by Crippen LogP contribution is 2.19. The molecule has 7 heteroatoms. The highest BCUT2D eigenvalue weighted by Gasteiger charge is 2.19. The van der Waals surface area contributed by atoms with Crippen LogP contribution in [0.3, 0.4) is 0 Å². The molecule has 0 aromatic rings. The number of carbonyl (C=O) groups is 3. The number of nitrogens with one attached hydrogen (secondary N) is 1. The van der Waals surface area contributed by atoms with Crippen LogP contribution in [0.5, 0.6) is 0 Å². The van der Waals surface area contributed by atoms with Crippen LogP contribution in [0, 0.1) is 0 Å². The smallest absolute Gasteiger partial charge is 0.326 e. The fraction of sp³-hybridized carbons (Fsp3) is 0.929. The Labute approximate surface area is 303 Å². The molecule has 0 aromatic heterocycles. The minimum atomic E-state index is -1.00. The van der Waals surface area contributed by atoms with Crippen LogP contribution in [-0.4, -0.2) is 41.6 Å². The lowest BCUT2D eigenvalue weighted by Crippen LogP contribution is -2.40. The Kier molecular flexibility index (Phi) is 36.4. The number of amides is 1. The van der Waals surface area contributed by atoms with E-state index in [1.807, 2.05) is 0 Å². The Morgan fingerprint density at radius 3 is 1.27 bits per heavy atom. The summed E-state index contributed by atoms with van der Waals surface area (Å²) in [6.07, 6.45) is 38.6. The lowest BCUT2D eigenvalue weighted by molar-refractivity contribution is -0.150. The van der Waals surface area contributed by atoms with Crippen LogP contribution in [0.1, 0.15) is 232 Å². The summed E-state index contributed by atoms with van der Waals surface area (Å²) in [4.78, 5) is 36.3. The summed E-state index contributed by atoms with van der Waals surface area (Å²) in [6, 6.07) is -0.851. The molecule has 0 fully saturated rings. The highest BCUT2D eigenvalue weighted by atomic mass is 16.5. The van der Waals surface area contributed by atoms with Gasteiger partial charge < -0.3 is 20.9 Å². The van der Waals surface area contributed by atoms with E-state index in [2.05, 4.69) is 19.2 Å². The van der Waals surface area contributed by atoms with Gasteiger partial charge in [0.25, 0.3) is 0 Å². The predicted octanol–water partition coefficient (Wildman–Crippen LogP) is 11.7. The van der Waals surface area contributed by atoms with Gasteiger partial charge in [-0.25, -0.2) is 4.79 Å². The van der Waals surface area contributed by atoms with Crippen LogP contribution in [0.25, 0.3) is 0 Å². The lowest BCUT2D eigenvalue weighted by Gasteiger charge is -2.18. The zero-order chi connectivity index (χ0) is 36.0. The van der Waals surface area contributed by atoms with Gasteiger partial charge in [-0.2, -0.15) is 0 Å². The van der Waals surface area contributed by atoms with Crippen LogP contribution in [-0.2, 0) is 19.1 Å². The molecule has 0 radical (unpaired) electrons. The van der Waals surface area contributed by atoms with Crippen molar-refractivity contribution in [2.24, 2.45) is 5.73 Å². The molecular weight excluding hydrogens is 612 g/mol. The first-order valence-electron chi connectivity index (χ1n) is 21.4. The third kappa shape index (κ3) is 34.6. The van der Waals surface area contributed by atoms with Gasteiger partial charge >= 0.3 is 11.9 Å². The average molecular weight is 695 g/mol. The van der Waals surface area contributed by atoms with E-state index in [1.165, 1.54) is 128 Å². The maximum absolute atomic E-state index is 12.7. The second-order valence-electron chi connectivity index (χ2n) is 14.8. The highest BCUT2D eigenvalue weighted by molar-refractivity contribution is 5.83. The number of carbonyl (C=O) groups excluding carboxylic acids is 2. The normalized spacial score (nSPS) is 12.6. The predicted molar refractivity (Wildman–Crippen MR) is 207 cm³/mol. The van der Waals surface area contributed by atoms with Crippen molar-refractivity contribution in [3.8, 4) is 0 Å². The quantitative estimate of drug-likeness (QED) is 0.0435. The van der Waals surface area contributed by atoms with Gasteiger partial charge in [-0.3, -0.25) is 9.59 Å². The first-order chi connectivity index (χ1) is 23.9. The molecule has 0 saturated carbocycles. The Morgan fingerprint density at radius 2 is 0.878 bits per heavy atom. The summed E-state index contributed by atoms with van der Waals surface area (Å²) in [7, 11) is 0. The zero-order valence-electron chi connectivity index (χ0n) is 32.6. The van der Waals surface area contributed by atoms with Crippen molar-refractivity contribution in [2.45, 2.75) is 244 Å².